The van der Waals surface area contributed by atoms with Crippen molar-refractivity contribution in [3.05, 3.63) is 33.6 Å². The number of carbonyl (C=O) groups excluding carboxylic acids is 2. The number of pyridine rings is 1. The van der Waals surface area contributed by atoms with Crippen LogP contribution >= 0.6 is 11.3 Å². The molecule has 1 aliphatic heterocycles. The van der Waals surface area contributed by atoms with Gasteiger partial charge in [0.1, 0.15) is 0 Å². The van der Waals surface area contributed by atoms with Crippen LogP contribution in [-0.4, -0.2) is 75.6 Å². The minimum Gasteiger partial charge on any atom is -0.355 e. The first-order valence-corrected chi connectivity index (χ1v) is 12.3. The van der Waals surface area contributed by atoms with Gasteiger partial charge in [0.25, 0.3) is 5.91 Å². The number of hydrogen-bond donors (Lipinski definition) is 1. The van der Waals surface area contributed by atoms with Crippen LogP contribution in [0.3, 0.4) is 0 Å². The van der Waals surface area contributed by atoms with Gasteiger partial charge in [-0.05, 0) is 46.8 Å². The van der Waals surface area contributed by atoms with Gasteiger partial charge in [0.2, 0.25) is 5.91 Å². The van der Waals surface area contributed by atoms with E-state index in [2.05, 4.69) is 49.1 Å². The van der Waals surface area contributed by atoms with Gasteiger partial charge in [-0.15, -0.1) is 11.3 Å². The highest BCUT2D eigenvalue weighted by molar-refractivity contribution is 7.12. The molecule has 0 atom stereocenters. The second kappa shape index (κ2) is 9.61. The molecule has 8 nitrogen and oxygen atoms in total. The number of likely N-dealkylation sites (N-methyl/N-ethyl adjacent to an activating group) is 1. The summed E-state index contributed by atoms with van der Waals surface area (Å²) in [7, 11) is 0. The minimum atomic E-state index is -0.00535. The summed E-state index contributed by atoms with van der Waals surface area (Å²) >= 11 is 1.74. The zero-order valence-electron chi connectivity index (χ0n) is 20.0. The van der Waals surface area contributed by atoms with E-state index in [4.69, 9.17) is 4.98 Å². The number of thiophene rings is 1. The Kier molecular flexibility index (Phi) is 6.81. The maximum atomic E-state index is 13.7. The molecule has 2 amide bonds. The van der Waals surface area contributed by atoms with Gasteiger partial charge in [-0.1, -0.05) is 0 Å². The standard InChI is InChI=1S/C24H32N6O2S/c1-6-25-22(31)14-28-7-9-29(10-8-28)24(32)19-12-21(18-11-16(4)33-17(18)5)27-23-20(19)13-26-30(23)15(2)3/h11-13,15H,6-10,14H2,1-5H3,(H,25,31). The van der Waals surface area contributed by atoms with Gasteiger partial charge < -0.3 is 10.2 Å². The lowest BCUT2D eigenvalue weighted by Gasteiger charge is -2.34. The first kappa shape index (κ1) is 23.4. The molecule has 0 spiro atoms. The van der Waals surface area contributed by atoms with Crippen molar-refractivity contribution in [2.75, 3.05) is 39.3 Å². The molecule has 3 aromatic rings. The van der Waals surface area contributed by atoms with Crippen LogP contribution in [0.5, 0.6) is 0 Å². The molecular formula is C24H32N6O2S. The highest BCUT2D eigenvalue weighted by atomic mass is 32.1. The molecule has 0 radical (unpaired) electrons. The smallest absolute Gasteiger partial charge is 0.254 e. The normalized spacial score (nSPS) is 14.9. The number of aryl methyl sites for hydroxylation is 2. The molecule has 176 valence electrons. The van der Waals surface area contributed by atoms with Crippen LogP contribution in [-0.2, 0) is 4.79 Å². The number of aromatic nitrogens is 3. The van der Waals surface area contributed by atoms with Gasteiger partial charge >= 0.3 is 0 Å². The van der Waals surface area contributed by atoms with Crippen LogP contribution in [0.2, 0.25) is 0 Å². The third kappa shape index (κ3) is 4.79. The van der Waals surface area contributed by atoms with Gasteiger partial charge in [-0.25, -0.2) is 9.67 Å². The summed E-state index contributed by atoms with van der Waals surface area (Å²) in [5.74, 6) is 0.0227. The van der Waals surface area contributed by atoms with Crippen molar-refractivity contribution >= 4 is 34.2 Å². The van der Waals surface area contributed by atoms with E-state index in [0.29, 0.717) is 44.8 Å². The number of nitrogens with one attached hydrogen (secondary N) is 1. The van der Waals surface area contributed by atoms with Gasteiger partial charge in [-0.3, -0.25) is 14.5 Å². The zero-order chi connectivity index (χ0) is 23.7. The Balaban J connectivity index is 1.65. The predicted molar refractivity (Wildman–Crippen MR) is 132 cm³/mol. The first-order valence-electron chi connectivity index (χ1n) is 11.5. The fourth-order valence-corrected chi connectivity index (χ4v) is 5.26. The molecule has 4 rings (SSSR count). The Hall–Kier alpha value is -2.78. The van der Waals surface area contributed by atoms with E-state index in [1.807, 2.05) is 22.6 Å². The molecule has 0 unspecified atom stereocenters. The van der Waals surface area contributed by atoms with Crippen molar-refractivity contribution < 1.29 is 9.59 Å². The van der Waals surface area contributed by atoms with Crippen molar-refractivity contribution in [2.24, 2.45) is 0 Å². The van der Waals surface area contributed by atoms with Crippen molar-refractivity contribution in [2.45, 2.75) is 40.7 Å². The zero-order valence-corrected chi connectivity index (χ0v) is 20.8. The molecule has 0 bridgehead atoms. The Morgan fingerprint density at radius 1 is 1.15 bits per heavy atom. The molecule has 0 aromatic carbocycles. The Morgan fingerprint density at radius 3 is 2.48 bits per heavy atom. The van der Waals surface area contributed by atoms with E-state index < -0.39 is 0 Å². The lowest BCUT2D eigenvalue weighted by molar-refractivity contribution is -0.122. The molecule has 0 aliphatic carbocycles. The molecule has 1 fully saturated rings. The molecule has 1 saturated heterocycles. The van der Waals surface area contributed by atoms with E-state index in [-0.39, 0.29) is 17.9 Å². The number of carbonyl (C=O) groups is 2. The summed E-state index contributed by atoms with van der Waals surface area (Å²) in [6.07, 6.45) is 1.76. The number of rotatable bonds is 6. The number of amides is 2. The fraction of sp³-hybridized carbons (Fsp3) is 0.500. The second-order valence-electron chi connectivity index (χ2n) is 8.82. The number of fused-ring (bicyclic) bond motifs is 1. The fourth-order valence-electron chi connectivity index (χ4n) is 4.33. The Labute approximate surface area is 198 Å². The first-order chi connectivity index (χ1) is 15.8. The number of hydrogen-bond acceptors (Lipinski definition) is 6. The second-order valence-corrected chi connectivity index (χ2v) is 10.3. The van der Waals surface area contributed by atoms with Crippen molar-refractivity contribution in [3.63, 3.8) is 0 Å². The van der Waals surface area contributed by atoms with Crippen molar-refractivity contribution in [1.29, 1.82) is 0 Å². The summed E-state index contributed by atoms with van der Waals surface area (Å²) < 4.78 is 1.88. The van der Waals surface area contributed by atoms with Crippen molar-refractivity contribution in [3.8, 4) is 11.3 Å². The predicted octanol–water partition coefficient (Wildman–Crippen LogP) is 3.25. The quantitative estimate of drug-likeness (QED) is 0.600. The highest BCUT2D eigenvalue weighted by Gasteiger charge is 2.27. The molecular weight excluding hydrogens is 436 g/mol. The molecule has 9 heteroatoms. The molecule has 1 N–H and O–H groups in total. The molecule has 0 saturated carbocycles. The minimum absolute atomic E-state index is 0.00535. The topological polar surface area (TPSA) is 83.4 Å². The van der Waals surface area contributed by atoms with E-state index in [1.165, 1.54) is 9.75 Å². The van der Waals surface area contributed by atoms with Crippen LogP contribution < -0.4 is 5.32 Å². The third-order valence-electron chi connectivity index (χ3n) is 6.00. The number of piperazine rings is 1. The average Bonchev–Trinajstić information content (AvgIpc) is 3.35. The van der Waals surface area contributed by atoms with Crippen LogP contribution in [0.4, 0.5) is 0 Å². The maximum absolute atomic E-state index is 13.7. The van der Waals surface area contributed by atoms with Gasteiger partial charge in [-0.2, -0.15) is 5.10 Å². The molecule has 1 aliphatic rings. The number of nitrogens with zero attached hydrogens (tertiary/aromatic N) is 5. The SMILES string of the molecule is CCNC(=O)CN1CCN(C(=O)c2cc(-c3cc(C)sc3C)nc3c2cnn3C(C)C)CC1. The third-order valence-corrected chi connectivity index (χ3v) is 6.97. The summed E-state index contributed by atoms with van der Waals surface area (Å²) in [6.45, 7) is 13.8. The van der Waals surface area contributed by atoms with E-state index in [1.54, 1.807) is 17.5 Å². The maximum Gasteiger partial charge on any atom is 0.254 e. The molecule has 33 heavy (non-hydrogen) atoms. The van der Waals surface area contributed by atoms with Gasteiger partial charge in [0.15, 0.2) is 5.65 Å². The van der Waals surface area contributed by atoms with Crippen LogP contribution in [0.1, 0.15) is 46.9 Å². The summed E-state index contributed by atoms with van der Waals surface area (Å²) in [6, 6.07) is 4.20. The lowest BCUT2D eigenvalue weighted by atomic mass is 10.1. The summed E-state index contributed by atoms with van der Waals surface area (Å²) in [4.78, 5) is 36.9. The van der Waals surface area contributed by atoms with E-state index in [0.717, 1.165) is 22.3 Å². The Bertz CT molecular complexity index is 1170. The van der Waals surface area contributed by atoms with Crippen LogP contribution in [0, 0.1) is 13.8 Å². The molecule has 3 aromatic heterocycles. The highest BCUT2D eigenvalue weighted by Crippen LogP contribution is 2.33. The van der Waals surface area contributed by atoms with Crippen LogP contribution in [0.25, 0.3) is 22.3 Å². The van der Waals surface area contributed by atoms with Gasteiger partial charge in [0.05, 0.1) is 29.4 Å². The van der Waals surface area contributed by atoms with E-state index in [9.17, 15) is 9.59 Å². The summed E-state index contributed by atoms with van der Waals surface area (Å²) in [5.41, 5.74) is 3.26. The summed E-state index contributed by atoms with van der Waals surface area (Å²) in [5, 5.41) is 8.16. The largest absolute Gasteiger partial charge is 0.355 e. The monoisotopic (exact) mass is 468 g/mol. The van der Waals surface area contributed by atoms with Crippen molar-refractivity contribution in [1.82, 2.24) is 29.9 Å². The lowest BCUT2D eigenvalue weighted by Crippen LogP contribution is -2.51. The Morgan fingerprint density at radius 2 is 1.88 bits per heavy atom. The average molecular weight is 469 g/mol. The van der Waals surface area contributed by atoms with Gasteiger partial charge in [0, 0.05) is 54.1 Å². The van der Waals surface area contributed by atoms with E-state index >= 15 is 0 Å². The van der Waals surface area contributed by atoms with Crippen LogP contribution in [0.15, 0.2) is 18.3 Å². The molecule has 4 heterocycles.